The molecule has 74 valence electrons. The van der Waals surface area contributed by atoms with Crippen molar-refractivity contribution in [2.24, 2.45) is 5.73 Å². The van der Waals surface area contributed by atoms with Gasteiger partial charge in [0.25, 0.3) is 0 Å². The molecule has 1 aromatic carbocycles. The van der Waals surface area contributed by atoms with Gasteiger partial charge in [0, 0.05) is 6.42 Å². The van der Waals surface area contributed by atoms with Crippen molar-refractivity contribution in [3.63, 3.8) is 0 Å². The lowest BCUT2D eigenvalue weighted by Crippen LogP contribution is -2.02. The lowest BCUT2D eigenvalue weighted by molar-refractivity contribution is 0.396. The lowest BCUT2D eigenvalue weighted by Gasteiger charge is -1.98. The van der Waals surface area contributed by atoms with Crippen LogP contribution in [0.25, 0.3) is 11.0 Å². The first-order valence-corrected chi connectivity index (χ1v) is 4.61. The van der Waals surface area contributed by atoms with Crippen LogP contribution in [0, 0.1) is 0 Å². The molecule has 0 bridgehead atoms. The fourth-order valence-corrected chi connectivity index (χ4v) is 1.59. The molecule has 1 heterocycles. The fourth-order valence-electron chi connectivity index (χ4n) is 1.59. The maximum absolute atomic E-state index is 5.63. The Morgan fingerprint density at radius 1 is 1.36 bits per heavy atom. The molecule has 14 heavy (non-hydrogen) atoms. The molecule has 0 atom stereocenters. The number of nitrogens with two attached hydrogens (primary N) is 1. The van der Waals surface area contributed by atoms with Crippen LogP contribution < -0.4 is 10.5 Å². The van der Waals surface area contributed by atoms with Crippen LogP contribution in [0.1, 0.15) is 5.76 Å². The van der Waals surface area contributed by atoms with E-state index in [2.05, 4.69) is 0 Å². The summed E-state index contributed by atoms with van der Waals surface area (Å²) in [5.41, 5.74) is 6.34. The van der Waals surface area contributed by atoms with Crippen molar-refractivity contribution in [1.82, 2.24) is 0 Å². The molecule has 0 spiro atoms. The third kappa shape index (κ3) is 1.36. The van der Waals surface area contributed by atoms with Gasteiger partial charge in [-0.25, -0.2) is 0 Å². The first-order chi connectivity index (χ1) is 6.86. The Kier molecular flexibility index (Phi) is 2.41. The number of fused-ring (bicyclic) bond motifs is 1. The van der Waals surface area contributed by atoms with Gasteiger partial charge < -0.3 is 14.9 Å². The fraction of sp³-hybridized carbons (Fsp3) is 0.273. The highest BCUT2D eigenvalue weighted by molar-refractivity contribution is 5.85. The predicted octanol–water partition coefficient (Wildman–Crippen LogP) is 1.94. The summed E-state index contributed by atoms with van der Waals surface area (Å²) in [4.78, 5) is 0. The van der Waals surface area contributed by atoms with Crippen molar-refractivity contribution in [2.75, 3.05) is 13.7 Å². The molecule has 0 aliphatic heterocycles. The van der Waals surface area contributed by atoms with E-state index in [0.717, 1.165) is 22.5 Å². The van der Waals surface area contributed by atoms with Crippen molar-refractivity contribution in [3.05, 3.63) is 30.0 Å². The number of methoxy groups -OCH3 is 1. The zero-order chi connectivity index (χ0) is 9.97. The van der Waals surface area contributed by atoms with Gasteiger partial charge in [0.2, 0.25) is 0 Å². The minimum atomic E-state index is 0.566. The van der Waals surface area contributed by atoms with Crippen molar-refractivity contribution >= 4 is 11.0 Å². The Hall–Kier alpha value is -1.48. The van der Waals surface area contributed by atoms with Gasteiger partial charge in [-0.2, -0.15) is 0 Å². The highest BCUT2D eigenvalue weighted by Crippen LogP contribution is 2.32. The normalized spacial score (nSPS) is 10.7. The van der Waals surface area contributed by atoms with Crippen molar-refractivity contribution in [2.45, 2.75) is 6.42 Å². The summed E-state index contributed by atoms with van der Waals surface area (Å²) in [6.07, 6.45) is 0.706. The van der Waals surface area contributed by atoms with Crippen LogP contribution in [0.2, 0.25) is 0 Å². The number of para-hydroxylation sites is 1. The van der Waals surface area contributed by atoms with E-state index in [0.29, 0.717) is 13.0 Å². The third-order valence-corrected chi connectivity index (χ3v) is 2.19. The molecular formula is C11H13NO2. The monoisotopic (exact) mass is 191 g/mol. The SMILES string of the molecule is COc1c(CCN)oc2ccccc12. The van der Waals surface area contributed by atoms with Crippen molar-refractivity contribution in [3.8, 4) is 5.75 Å². The maximum Gasteiger partial charge on any atom is 0.168 e. The van der Waals surface area contributed by atoms with E-state index in [1.54, 1.807) is 7.11 Å². The van der Waals surface area contributed by atoms with Crippen LogP contribution in [0.5, 0.6) is 5.75 Å². The van der Waals surface area contributed by atoms with E-state index in [4.69, 9.17) is 14.9 Å². The van der Waals surface area contributed by atoms with E-state index < -0.39 is 0 Å². The molecule has 0 amide bonds. The average Bonchev–Trinajstić information content (AvgIpc) is 2.55. The second kappa shape index (κ2) is 3.72. The number of benzene rings is 1. The Balaban J connectivity index is 2.60. The van der Waals surface area contributed by atoms with Crippen molar-refractivity contribution in [1.29, 1.82) is 0 Å². The molecule has 0 aliphatic carbocycles. The predicted molar refractivity (Wildman–Crippen MR) is 55.5 cm³/mol. The molecule has 3 nitrogen and oxygen atoms in total. The Morgan fingerprint density at radius 2 is 2.14 bits per heavy atom. The lowest BCUT2D eigenvalue weighted by atomic mass is 10.2. The van der Waals surface area contributed by atoms with E-state index in [1.807, 2.05) is 24.3 Å². The average molecular weight is 191 g/mol. The van der Waals surface area contributed by atoms with Crippen LogP contribution in [-0.2, 0) is 6.42 Å². The maximum atomic E-state index is 5.63. The second-order valence-corrected chi connectivity index (χ2v) is 3.09. The number of furan rings is 1. The summed E-state index contributed by atoms with van der Waals surface area (Å²) in [6.45, 7) is 0.566. The Morgan fingerprint density at radius 3 is 2.86 bits per heavy atom. The molecule has 0 saturated carbocycles. The first kappa shape index (κ1) is 9.09. The molecule has 0 radical (unpaired) electrons. The summed E-state index contributed by atoms with van der Waals surface area (Å²) >= 11 is 0. The smallest absolute Gasteiger partial charge is 0.168 e. The van der Waals surface area contributed by atoms with Crippen LogP contribution >= 0.6 is 0 Å². The molecular weight excluding hydrogens is 178 g/mol. The highest BCUT2D eigenvalue weighted by atomic mass is 16.5. The summed E-state index contributed by atoms with van der Waals surface area (Å²) in [5.74, 6) is 1.64. The molecule has 2 aromatic rings. The topological polar surface area (TPSA) is 48.4 Å². The van der Waals surface area contributed by atoms with Gasteiger partial charge in [0.05, 0.1) is 12.5 Å². The van der Waals surface area contributed by atoms with Gasteiger partial charge >= 0.3 is 0 Å². The number of rotatable bonds is 3. The molecule has 2 N–H and O–H groups in total. The van der Waals surface area contributed by atoms with E-state index >= 15 is 0 Å². The summed E-state index contributed by atoms with van der Waals surface area (Å²) in [6, 6.07) is 7.82. The zero-order valence-electron chi connectivity index (χ0n) is 8.12. The van der Waals surface area contributed by atoms with E-state index in [-0.39, 0.29) is 0 Å². The van der Waals surface area contributed by atoms with Crippen LogP contribution in [-0.4, -0.2) is 13.7 Å². The summed E-state index contributed by atoms with van der Waals surface area (Å²) in [7, 11) is 1.65. The van der Waals surface area contributed by atoms with E-state index in [1.165, 1.54) is 0 Å². The van der Waals surface area contributed by atoms with Gasteiger partial charge in [-0.15, -0.1) is 0 Å². The largest absolute Gasteiger partial charge is 0.492 e. The number of hydrogen-bond acceptors (Lipinski definition) is 3. The van der Waals surface area contributed by atoms with Gasteiger partial charge in [-0.3, -0.25) is 0 Å². The number of hydrogen-bond donors (Lipinski definition) is 1. The molecule has 3 heteroatoms. The molecule has 0 aliphatic rings. The van der Waals surface area contributed by atoms with Gasteiger partial charge in [0.1, 0.15) is 11.3 Å². The molecule has 0 fully saturated rings. The van der Waals surface area contributed by atoms with E-state index in [9.17, 15) is 0 Å². The van der Waals surface area contributed by atoms with Crippen molar-refractivity contribution < 1.29 is 9.15 Å². The van der Waals surface area contributed by atoms with Gasteiger partial charge in [0.15, 0.2) is 5.75 Å². The van der Waals surface area contributed by atoms with Gasteiger partial charge in [-0.05, 0) is 18.7 Å². The molecule has 0 unspecified atom stereocenters. The molecule has 0 saturated heterocycles. The first-order valence-electron chi connectivity index (χ1n) is 4.61. The molecule has 1 aromatic heterocycles. The highest BCUT2D eigenvalue weighted by Gasteiger charge is 2.12. The Labute approximate surface area is 82.5 Å². The second-order valence-electron chi connectivity index (χ2n) is 3.09. The minimum absolute atomic E-state index is 0.566. The van der Waals surface area contributed by atoms with Crippen LogP contribution in [0.3, 0.4) is 0 Å². The molecule has 2 rings (SSSR count). The van der Waals surface area contributed by atoms with Crippen LogP contribution in [0.4, 0.5) is 0 Å². The summed E-state index contributed by atoms with van der Waals surface area (Å²) in [5, 5.41) is 1.01. The number of ether oxygens (including phenoxy) is 1. The third-order valence-electron chi connectivity index (χ3n) is 2.19. The summed E-state index contributed by atoms with van der Waals surface area (Å²) < 4.78 is 10.9. The van der Waals surface area contributed by atoms with Crippen LogP contribution in [0.15, 0.2) is 28.7 Å². The zero-order valence-corrected chi connectivity index (χ0v) is 8.12. The quantitative estimate of drug-likeness (QED) is 0.806. The minimum Gasteiger partial charge on any atom is -0.492 e. The standard InChI is InChI=1S/C11H13NO2/c1-13-11-8-4-2-3-5-9(8)14-10(11)6-7-12/h2-5H,6-7,12H2,1H3. The Bertz CT molecular complexity index is 434. The van der Waals surface area contributed by atoms with Gasteiger partial charge in [-0.1, -0.05) is 12.1 Å².